The topological polar surface area (TPSA) is 112 Å². The van der Waals surface area contributed by atoms with Crippen LogP contribution in [0.3, 0.4) is 0 Å². The van der Waals surface area contributed by atoms with Gasteiger partial charge in [0.25, 0.3) is 0 Å². The van der Waals surface area contributed by atoms with E-state index in [1.807, 2.05) is 34.9 Å². The highest BCUT2D eigenvalue weighted by molar-refractivity contribution is 5.75. The molecular formula is C31H38F3N5O4. The number of rotatable bonds is 11. The zero-order valence-electron chi connectivity index (χ0n) is 23.8. The molecule has 4 N–H and O–H groups in total. The monoisotopic (exact) mass is 601 g/mol. The van der Waals surface area contributed by atoms with Crippen molar-refractivity contribution >= 4 is 6.03 Å². The lowest BCUT2D eigenvalue weighted by Gasteiger charge is -2.40. The van der Waals surface area contributed by atoms with Crippen LogP contribution in [0.4, 0.5) is 18.0 Å². The molecule has 2 fully saturated rings. The van der Waals surface area contributed by atoms with E-state index in [-0.39, 0.29) is 36.8 Å². The highest BCUT2D eigenvalue weighted by Gasteiger charge is 2.40. The molecule has 0 radical (unpaired) electrons. The van der Waals surface area contributed by atoms with E-state index in [1.165, 1.54) is 0 Å². The number of aliphatic hydroxyl groups is 2. The Labute approximate surface area is 248 Å². The average molecular weight is 602 g/mol. The Bertz CT molecular complexity index is 1350. The first-order valence-corrected chi connectivity index (χ1v) is 14.7. The maximum Gasteiger partial charge on any atom is 0.318 e. The lowest BCUT2D eigenvalue weighted by molar-refractivity contribution is 0.0249. The van der Waals surface area contributed by atoms with Crippen molar-refractivity contribution in [2.45, 2.75) is 37.7 Å². The van der Waals surface area contributed by atoms with Gasteiger partial charge in [0.1, 0.15) is 23.6 Å². The SMILES string of the molecule is O=C(NCC(O)CO)N(C[C@@H]1CNC[C@@H]1F)C(c1nc(-c2cc(F)ccc2F)cn1Cc1ccccc1)C1CCOCC1. The molecule has 3 aromatic rings. The molecule has 0 bridgehead atoms. The summed E-state index contributed by atoms with van der Waals surface area (Å²) in [5, 5.41) is 25.0. The van der Waals surface area contributed by atoms with Crippen LogP contribution < -0.4 is 10.6 Å². The smallest absolute Gasteiger partial charge is 0.318 e. The standard InChI is InChI=1S/C31H38F3N5O4/c32-23-6-7-26(33)25(12-23)28-18-38(16-20-4-2-1-3-5-20)30(37-28)29(21-8-10-43-11-9-21)39(17-22-13-35-15-27(22)34)31(42)36-14-24(41)19-40/h1-7,12,18,21-22,24,27,29,35,40-41H,8-11,13-17,19H2,(H,36,42)/t22-,24?,27-,29?/m0/s1. The van der Waals surface area contributed by atoms with Crippen LogP contribution in [0.2, 0.25) is 0 Å². The summed E-state index contributed by atoms with van der Waals surface area (Å²) in [6.07, 6.45) is 0.508. The Hall–Kier alpha value is -3.45. The van der Waals surface area contributed by atoms with Crippen LogP contribution in [0.5, 0.6) is 0 Å². The number of alkyl halides is 1. The highest BCUT2D eigenvalue weighted by atomic mass is 19.1. The molecule has 2 unspecified atom stereocenters. The van der Waals surface area contributed by atoms with Gasteiger partial charge in [0.15, 0.2) is 0 Å². The van der Waals surface area contributed by atoms with Crippen molar-refractivity contribution in [3.8, 4) is 11.3 Å². The largest absolute Gasteiger partial charge is 0.394 e. The first-order valence-electron chi connectivity index (χ1n) is 14.7. The summed E-state index contributed by atoms with van der Waals surface area (Å²) in [5.41, 5.74) is 1.13. The van der Waals surface area contributed by atoms with Crippen LogP contribution in [0.25, 0.3) is 11.3 Å². The van der Waals surface area contributed by atoms with E-state index in [9.17, 15) is 28.2 Å². The highest BCUT2D eigenvalue weighted by Crippen LogP contribution is 2.38. The van der Waals surface area contributed by atoms with Gasteiger partial charge >= 0.3 is 6.03 Å². The molecule has 0 aliphatic carbocycles. The van der Waals surface area contributed by atoms with E-state index in [2.05, 4.69) is 10.6 Å². The van der Waals surface area contributed by atoms with Gasteiger partial charge in [-0.25, -0.2) is 22.9 Å². The number of hydrogen-bond acceptors (Lipinski definition) is 6. The number of imidazole rings is 1. The summed E-state index contributed by atoms with van der Waals surface area (Å²) in [5.74, 6) is -1.42. The van der Waals surface area contributed by atoms with E-state index in [1.54, 1.807) is 11.1 Å². The van der Waals surface area contributed by atoms with Gasteiger partial charge in [-0.05, 0) is 42.5 Å². The van der Waals surface area contributed by atoms with E-state index in [0.717, 1.165) is 23.8 Å². The molecule has 2 amide bonds. The van der Waals surface area contributed by atoms with Crippen LogP contribution in [0, 0.1) is 23.5 Å². The van der Waals surface area contributed by atoms with Crippen molar-refractivity contribution in [1.29, 1.82) is 0 Å². The lowest BCUT2D eigenvalue weighted by atomic mass is 9.89. The molecule has 9 nitrogen and oxygen atoms in total. The van der Waals surface area contributed by atoms with Crippen molar-refractivity contribution in [2.75, 3.05) is 46.0 Å². The molecule has 2 saturated heterocycles. The predicted molar refractivity (Wildman–Crippen MR) is 154 cm³/mol. The number of amides is 2. The van der Waals surface area contributed by atoms with Gasteiger partial charge in [-0.1, -0.05) is 30.3 Å². The van der Waals surface area contributed by atoms with E-state index < -0.39 is 48.5 Å². The fraction of sp³-hybridized carbons (Fsp3) is 0.484. The third kappa shape index (κ3) is 7.56. The summed E-state index contributed by atoms with van der Waals surface area (Å²) >= 11 is 0. The Morgan fingerprint density at radius 3 is 2.63 bits per heavy atom. The van der Waals surface area contributed by atoms with Crippen LogP contribution in [-0.2, 0) is 11.3 Å². The number of aliphatic hydroxyl groups excluding tert-OH is 2. The quantitative estimate of drug-likeness (QED) is 0.269. The Morgan fingerprint density at radius 2 is 1.93 bits per heavy atom. The first kappa shape index (κ1) is 31.0. The average Bonchev–Trinajstić information content (AvgIpc) is 3.63. The molecule has 12 heteroatoms. The first-order chi connectivity index (χ1) is 20.8. The molecule has 2 aliphatic heterocycles. The summed E-state index contributed by atoms with van der Waals surface area (Å²) in [6.45, 7) is 1.14. The normalized spacial score (nSPS) is 20.6. The number of nitrogens with zero attached hydrogens (tertiary/aromatic N) is 3. The molecule has 232 valence electrons. The number of nitrogens with one attached hydrogen (secondary N) is 2. The number of benzene rings is 2. The molecule has 4 atom stereocenters. The van der Waals surface area contributed by atoms with Crippen molar-refractivity contribution in [3.05, 3.63) is 77.8 Å². The van der Waals surface area contributed by atoms with Gasteiger partial charge in [-0.15, -0.1) is 0 Å². The van der Waals surface area contributed by atoms with Crippen LogP contribution >= 0.6 is 0 Å². The minimum absolute atomic E-state index is 0.00956. The Morgan fingerprint density at radius 1 is 1.16 bits per heavy atom. The van der Waals surface area contributed by atoms with Crippen molar-refractivity contribution < 1.29 is 32.9 Å². The van der Waals surface area contributed by atoms with E-state index >= 15 is 0 Å². The number of urea groups is 1. The van der Waals surface area contributed by atoms with Gasteiger partial charge in [-0.3, -0.25) is 0 Å². The van der Waals surface area contributed by atoms with Gasteiger partial charge in [0.05, 0.1) is 24.4 Å². The van der Waals surface area contributed by atoms with Gasteiger partial charge in [0.2, 0.25) is 0 Å². The summed E-state index contributed by atoms with van der Waals surface area (Å²) in [6, 6.07) is 11.5. The molecule has 43 heavy (non-hydrogen) atoms. The lowest BCUT2D eigenvalue weighted by Crippen LogP contribution is -2.50. The predicted octanol–water partition coefficient (Wildman–Crippen LogP) is 3.27. The number of halogens is 3. The molecule has 2 aromatic carbocycles. The molecular weight excluding hydrogens is 563 g/mol. The zero-order valence-corrected chi connectivity index (χ0v) is 23.8. The second kappa shape index (κ2) is 14.3. The third-order valence-electron chi connectivity index (χ3n) is 8.17. The second-order valence-electron chi connectivity index (χ2n) is 11.2. The Balaban J connectivity index is 1.62. The number of hydrogen-bond donors (Lipinski definition) is 4. The van der Waals surface area contributed by atoms with Crippen molar-refractivity contribution in [3.63, 3.8) is 0 Å². The fourth-order valence-electron chi connectivity index (χ4n) is 5.86. The number of carbonyl (C=O) groups is 1. The molecule has 2 aliphatic rings. The molecule has 5 rings (SSSR count). The molecule has 0 spiro atoms. The molecule has 3 heterocycles. The van der Waals surface area contributed by atoms with E-state index in [0.29, 0.717) is 45.0 Å². The number of aromatic nitrogens is 2. The minimum Gasteiger partial charge on any atom is -0.394 e. The maximum absolute atomic E-state index is 15.0. The van der Waals surface area contributed by atoms with Crippen LogP contribution in [0.1, 0.15) is 30.3 Å². The number of ether oxygens (including phenoxy) is 1. The summed E-state index contributed by atoms with van der Waals surface area (Å²) in [7, 11) is 0. The third-order valence-corrected chi connectivity index (χ3v) is 8.17. The van der Waals surface area contributed by atoms with Gasteiger partial charge in [-0.2, -0.15) is 0 Å². The minimum atomic E-state index is -1.17. The van der Waals surface area contributed by atoms with Crippen LogP contribution in [0.15, 0.2) is 54.7 Å². The summed E-state index contributed by atoms with van der Waals surface area (Å²) < 4.78 is 51.7. The number of carbonyl (C=O) groups excluding carboxylic acids is 1. The van der Waals surface area contributed by atoms with Gasteiger partial charge in [0, 0.05) is 63.6 Å². The maximum atomic E-state index is 15.0. The molecule has 0 saturated carbocycles. The van der Waals surface area contributed by atoms with Crippen molar-refractivity contribution in [1.82, 2.24) is 25.1 Å². The van der Waals surface area contributed by atoms with Gasteiger partial charge < -0.3 is 35.1 Å². The second-order valence-corrected chi connectivity index (χ2v) is 11.2. The summed E-state index contributed by atoms with van der Waals surface area (Å²) in [4.78, 5) is 20.3. The van der Waals surface area contributed by atoms with Crippen LogP contribution in [-0.4, -0.2) is 89.0 Å². The molecule has 1 aromatic heterocycles. The fourth-order valence-corrected chi connectivity index (χ4v) is 5.86. The Kier molecular flexibility index (Phi) is 10.3. The van der Waals surface area contributed by atoms with E-state index in [4.69, 9.17) is 9.72 Å². The zero-order chi connectivity index (χ0) is 30.3. The van der Waals surface area contributed by atoms with Crippen molar-refractivity contribution in [2.24, 2.45) is 11.8 Å².